The van der Waals surface area contributed by atoms with Gasteiger partial charge in [-0.2, -0.15) is 0 Å². The Morgan fingerprint density at radius 2 is 0.718 bits per heavy atom. The number of unbranched alkanes of at least 4 members (excludes halogenated alkanes) is 31. The predicted octanol–water partition coefficient (Wildman–Crippen LogP) is 21.8. The first-order valence-electron chi connectivity index (χ1n) is 35.2. The number of nitrogens with one attached hydrogen (secondary N) is 1. The van der Waals surface area contributed by atoms with Crippen molar-refractivity contribution >= 4 is 19.7 Å². The van der Waals surface area contributed by atoms with Crippen LogP contribution in [0, 0.1) is 0 Å². The molecule has 3 atom stereocenters. The van der Waals surface area contributed by atoms with Crippen LogP contribution in [0.5, 0.6) is 0 Å². The summed E-state index contributed by atoms with van der Waals surface area (Å²) in [4.78, 5) is 40.2. The molecule has 0 radical (unpaired) electrons. The van der Waals surface area contributed by atoms with Crippen LogP contribution in [-0.4, -0.2) is 69.4 Å². The lowest BCUT2D eigenvalue weighted by atomic mass is 10.0. The quantitative estimate of drug-likeness (QED) is 0.0212. The van der Waals surface area contributed by atoms with Gasteiger partial charge in [-0.25, -0.2) is 0 Å². The average Bonchev–Trinajstić information content (AvgIpc) is 3.64. The SMILES string of the molecule is CCCCC/C=C\C/C=C\C/C=C\C/C=C\CCCCCCCCCCCC(=O)NC(COP(=O)([O-])OCC[N+](C)(C)C)C(/C=C/CCCCCCCCCCC)OC(=O)CCCCCCCCC/C=C\C/C=C\C/C=C\C/C=C\CCCCC. The molecular formula is C75H133N2O7P. The van der Waals surface area contributed by atoms with Gasteiger partial charge in [-0.1, -0.05) is 278 Å². The molecule has 1 amide bonds. The Kier molecular flexibility index (Phi) is 61.2. The lowest BCUT2D eigenvalue weighted by molar-refractivity contribution is -0.870. The lowest BCUT2D eigenvalue weighted by Crippen LogP contribution is -2.47. The van der Waals surface area contributed by atoms with E-state index >= 15 is 0 Å². The summed E-state index contributed by atoms with van der Waals surface area (Å²) in [6.07, 6.45) is 87.7. The standard InChI is InChI=1S/C75H133N2O7P/c1-7-10-13-16-19-22-25-27-29-31-33-35-37-38-40-41-43-45-47-49-52-55-58-61-64-67-74(78)76-72(71-83-85(80,81)82-70-69-77(4,5)6)73(66-63-60-57-54-51-24-21-18-15-12-9-3)84-75(79)68-65-62-59-56-53-50-48-46-44-42-39-36-34-32-30-28-26-23-20-17-14-11-8-2/h19-20,22-23,27-30,33-36,38,40,42,44,63,66,72-73H,7-18,21,24-26,31-32,37,39,41,43,45-62,64-65,67-71H2,1-6H3,(H-,76,78,80,81)/b22-19-,23-20-,29-27-,30-28-,35-33-,36-34-,40-38-,44-42-,66-63+. The van der Waals surface area contributed by atoms with Gasteiger partial charge in [-0.05, 0) is 122 Å². The van der Waals surface area contributed by atoms with Crippen molar-refractivity contribution in [2.75, 3.05) is 40.9 Å². The third-order valence-electron chi connectivity index (χ3n) is 15.2. The van der Waals surface area contributed by atoms with Gasteiger partial charge in [0.05, 0.1) is 33.8 Å². The van der Waals surface area contributed by atoms with E-state index in [1.165, 1.54) is 148 Å². The van der Waals surface area contributed by atoms with Crippen molar-refractivity contribution in [1.82, 2.24) is 5.32 Å². The molecule has 0 spiro atoms. The topological polar surface area (TPSA) is 114 Å². The fourth-order valence-electron chi connectivity index (χ4n) is 9.72. The molecule has 10 heteroatoms. The van der Waals surface area contributed by atoms with Crippen molar-refractivity contribution in [1.29, 1.82) is 0 Å². The molecule has 9 nitrogen and oxygen atoms in total. The summed E-state index contributed by atoms with van der Waals surface area (Å²) in [7, 11) is 1.16. The second-order valence-corrected chi connectivity index (χ2v) is 26.1. The molecule has 0 aromatic heterocycles. The van der Waals surface area contributed by atoms with Crippen LogP contribution in [0.4, 0.5) is 0 Å². The number of nitrogens with zero attached hydrogens (tertiary/aromatic N) is 1. The second-order valence-electron chi connectivity index (χ2n) is 24.7. The second kappa shape index (κ2) is 63.7. The Bertz CT molecular complexity index is 1820. The smallest absolute Gasteiger partial charge is 0.306 e. The number of esters is 1. The van der Waals surface area contributed by atoms with Crippen molar-refractivity contribution < 1.29 is 37.3 Å². The molecule has 0 aromatic rings. The minimum absolute atomic E-state index is 0.0305. The van der Waals surface area contributed by atoms with Gasteiger partial charge in [0.1, 0.15) is 19.3 Å². The zero-order valence-electron chi connectivity index (χ0n) is 56.0. The Morgan fingerprint density at radius 3 is 1.09 bits per heavy atom. The highest BCUT2D eigenvalue weighted by atomic mass is 31.2. The number of carbonyl (C=O) groups is 2. The maximum atomic E-state index is 13.6. The highest BCUT2D eigenvalue weighted by Gasteiger charge is 2.27. The zero-order valence-corrected chi connectivity index (χ0v) is 56.9. The molecular weight excluding hydrogens is 1070 g/mol. The van der Waals surface area contributed by atoms with E-state index in [9.17, 15) is 19.0 Å². The number of rotatable bonds is 63. The van der Waals surface area contributed by atoms with Gasteiger partial charge in [0.15, 0.2) is 0 Å². The predicted molar refractivity (Wildman–Crippen MR) is 367 cm³/mol. The summed E-state index contributed by atoms with van der Waals surface area (Å²) in [6, 6.07) is -0.904. The lowest BCUT2D eigenvalue weighted by Gasteiger charge is -2.30. The van der Waals surface area contributed by atoms with Crippen LogP contribution in [-0.2, 0) is 27.9 Å². The molecule has 85 heavy (non-hydrogen) atoms. The number of phosphoric ester groups is 1. The number of allylic oxidation sites excluding steroid dienone is 17. The van der Waals surface area contributed by atoms with Gasteiger partial charge >= 0.3 is 5.97 Å². The first kappa shape index (κ1) is 81.7. The number of phosphoric acid groups is 1. The van der Waals surface area contributed by atoms with E-state index in [-0.39, 0.29) is 24.9 Å². The first-order chi connectivity index (χ1) is 41.4. The van der Waals surface area contributed by atoms with Crippen molar-refractivity contribution in [3.8, 4) is 0 Å². The van der Waals surface area contributed by atoms with Gasteiger partial charge in [-0.15, -0.1) is 0 Å². The van der Waals surface area contributed by atoms with Gasteiger partial charge < -0.3 is 28.5 Å². The molecule has 0 aliphatic heterocycles. The highest BCUT2D eigenvalue weighted by molar-refractivity contribution is 7.45. The Balaban J connectivity index is 5.10. The highest BCUT2D eigenvalue weighted by Crippen LogP contribution is 2.38. The van der Waals surface area contributed by atoms with E-state index in [0.29, 0.717) is 23.9 Å². The van der Waals surface area contributed by atoms with Gasteiger partial charge in [0.25, 0.3) is 7.82 Å². The monoisotopic (exact) mass is 1200 g/mol. The Morgan fingerprint density at radius 1 is 0.412 bits per heavy atom. The van der Waals surface area contributed by atoms with E-state index in [2.05, 4.69) is 123 Å². The molecule has 0 heterocycles. The fraction of sp³-hybridized carbons (Fsp3) is 0.733. The molecule has 490 valence electrons. The molecule has 0 bridgehead atoms. The molecule has 0 fully saturated rings. The summed E-state index contributed by atoms with van der Waals surface area (Å²) < 4.78 is 30.4. The van der Waals surface area contributed by atoms with E-state index in [0.717, 1.165) is 116 Å². The van der Waals surface area contributed by atoms with Crippen molar-refractivity contribution in [2.24, 2.45) is 0 Å². The number of ether oxygens (including phenoxy) is 1. The minimum Gasteiger partial charge on any atom is -0.756 e. The van der Waals surface area contributed by atoms with E-state index in [4.69, 9.17) is 13.8 Å². The summed E-state index contributed by atoms with van der Waals surface area (Å²) in [5.41, 5.74) is 0. The van der Waals surface area contributed by atoms with Crippen LogP contribution in [0.25, 0.3) is 0 Å². The average molecular weight is 1210 g/mol. The van der Waals surface area contributed by atoms with Crippen LogP contribution in [0.3, 0.4) is 0 Å². The minimum atomic E-state index is -4.71. The van der Waals surface area contributed by atoms with Crippen LogP contribution in [0.15, 0.2) is 109 Å². The summed E-state index contributed by atoms with van der Waals surface area (Å²) >= 11 is 0. The van der Waals surface area contributed by atoms with Gasteiger partial charge in [0, 0.05) is 12.8 Å². The van der Waals surface area contributed by atoms with Crippen molar-refractivity contribution in [3.05, 3.63) is 109 Å². The molecule has 0 aliphatic rings. The maximum absolute atomic E-state index is 13.6. The normalized spacial score (nSPS) is 14.2. The number of likely N-dealkylation sites (N-methyl/N-ethyl adjacent to an activating group) is 1. The van der Waals surface area contributed by atoms with Gasteiger partial charge in [-0.3, -0.25) is 14.2 Å². The number of hydrogen-bond donors (Lipinski definition) is 1. The van der Waals surface area contributed by atoms with Crippen molar-refractivity contribution in [3.63, 3.8) is 0 Å². The Hall–Kier alpha value is -3.33. The molecule has 3 unspecified atom stereocenters. The van der Waals surface area contributed by atoms with Gasteiger partial charge in [0.2, 0.25) is 5.91 Å². The van der Waals surface area contributed by atoms with Crippen LogP contribution in [0.2, 0.25) is 0 Å². The van der Waals surface area contributed by atoms with Crippen molar-refractivity contribution in [2.45, 2.75) is 315 Å². The molecule has 0 aliphatic carbocycles. The number of carbonyl (C=O) groups excluding carboxylic acids is 2. The number of hydrogen-bond acceptors (Lipinski definition) is 7. The summed E-state index contributed by atoms with van der Waals surface area (Å²) in [5, 5.41) is 3.03. The third-order valence-corrected chi connectivity index (χ3v) is 16.1. The summed E-state index contributed by atoms with van der Waals surface area (Å²) in [6.45, 7) is 6.78. The molecule has 0 saturated heterocycles. The van der Waals surface area contributed by atoms with E-state index in [1.807, 2.05) is 33.3 Å². The molecule has 0 aromatic carbocycles. The Labute approximate surface area is 525 Å². The number of amides is 1. The third kappa shape index (κ3) is 65.0. The molecule has 0 saturated carbocycles. The van der Waals surface area contributed by atoms with E-state index < -0.39 is 26.6 Å². The first-order valence-corrected chi connectivity index (χ1v) is 36.7. The largest absolute Gasteiger partial charge is 0.756 e. The van der Waals surface area contributed by atoms with Crippen LogP contribution >= 0.6 is 7.82 Å². The summed E-state index contributed by atoms with van der Waals surface area (Å²) in [5.74, 6) is -0.561. The fourth-order valence-corrected chi connectivity index (χ4v) is 10.4. The molecule has 1 N–H and O–H groups in total. The maximum Gasteiger partial charge on any atom is 0.306 e. The molecule has 0 rings (SSSR count). The van der Waals surface area contributed by atoms with Crippen LogP contribution in [0.1, 0.15) is 303 Å². The van der Waals surface area contributed by atoms with E-state index in [1.54, 1.807) is 0 Å². The zero-order chi connectivity index (χ0) is 62.1. The van der Waals surface area contributed by atoms with Crippen LogP contribution < -0.4 is 10.2 Å². The number of quaternary nitrogens is 1.